The summed E-state index contributed by atoms with van der Waals surface area (Å²) in [4.78, 5) is 21.3. The molecule has 0 aromatic rings. The number of sulfonamides is 1. The van der Waals surface area contributed by atoms with Crippen molar-refractivity contribution in [3.05, 3.63) is 0 Å². The number of amides is 2. The van der Waals surface area contributed by atoms with Crippen molar-refractivity contribution in [2.75, 3.05) is 25.6 Å². The van der Waals surface area contributed by atoms with E-state index in [-0.39, 0.29) is 19.7 Å². The topological polar surface area (TPSA) is 119 Å². The first-order chi connectivity index (χ1) is 6.93. The number of nitrogens with zero attached hydrogens (tertiary/aromatic N) is 1. The lowest BCUT2D eigenvalue weighted by Gasteiger charge is -2.13. The van der Waals surface area contributed by atoms with Gasteiger partial charge in [0.05, 0.1) is 13.1 Å². The summed E-state index contributed by atoms with van der Waals surface area (Å²) in [5.74, 6) is -1.19. The van der Waals surface area contributed by atoms with Gasteiger partial charge in [-0.25, -0.2) is 13.2 Å². The summed E-state index contributed by atoms with van der Waals surface area (Å²) in [5.41, 5.74) is 4.80. The number of hydrogen-bond donors (Lipinski definition) is 2. The highest BCUT2D eigenvalue weighted by Gasteiger charge is 2.32. The van der Waals surface area contributed by atoms with Crippen LogP contribution in [0.3, 0.4) is 0 Å². The molecule has 0 radical (unpaired) electrons. The third-order valence-corrected chi connectivity index (χ3v) is 3.22. The molecule has 1 aliphatic heterocycles. The summed E-state index contributed by atoms with van der Waals surface area (Å²) in [6.45, 7) is -0.213. The lowest BCUT2D eigenvalue weighted by atomic mass is 10.6. The Hall–Kier alpha value is -1.35. The van der Waals surface area contributed by atoms with E-state index in [9.17, 15) is 18.0 Å². The molecule has 2 amide bonds. The van der Waals surface area contributed by atoms with Crippen molar-refractivity contribution in [3.63, 3.8) is 0 Å². The molecule has 0 atom stereocenters. The first kappa shape index (κ1) is 11.7. The molecular formula is C6H11N3O5S. The number of carbonyl (C=O) groups excluding carboxylic acids is 2. The van der Waals surface area contributed by atoms with Crippen molar-refractivity contribution in [1.82, 2.24) is 9.62 Å². The van der Waals surface area contributed by atoms with Gasteiger partial charge in [-0.05, 0) is 0 Å². The van der Waals surface area contributed by atoms with Crippen LogP contribution >= 0.6 is 0 Å². The minimum absolute atomic E-state index is 0.000577. The maximum atomic E-state index is 11.4. The standard InChI is InChI=1S/C6H11N3O5S/c7-5(10)3-8-4-15(12,13)9-1-2-14-6(9)11/h8H,1-4H2,(H2,7,10). The van der Waals surface area contributed by atoms with Gasteiger partial charge in [0.15, 0.2) is 0 Å². The van der Waals surface area contributed by atoms with E-state index in [1.165, 1.54) is 0 Å². The molecule has 3 N–H and O–H groups in total. The van der Waals surface area contributed by atoms with Gasteiger partial charge >= 0.3 is 6.09 Å². The van der Waals surface area contributed by atoms with Crippen LogP contribution < -0.4 is 11.1 Å². The van der Waals surface area contributed by atoms with Crippen LogP contribution in [0.1, 0.15) is 0 Å². The van der Waals surface area contributed by atoms with Crippen molar-refractivity contribution in [2.24, 2.45) is 5.73 Å². The predicted molar refractivity (Wildman–Crippen MR) is 49.0 cm³/mol. The van der Waals surface area contributed by atoms with E-state index in [1.807, 2.05) is 0 Å². The second-order valence-corrected chi connectivity index (χ2v) is 4.73. The van der Waals surface area contributed by atoms with Crippen molar-refractivity contribution in [1.29, 1.82) is 0 Å². The van der Waals surface area contributed by atoms with Gasteiger partial charge < -0.3 is 10.5 Å². The number of primary amides is 1. The Morgan fingerprint density at radius 2 is 2.27 bits per heavy atom. The second-order valence-electron chi connectivity index (χ2n) is 2.84. The molecule has 1 aliphatic rings. The number of cyclic esters (lactones) is 1. The van der Waals surface area contributed by atoms with Crippen LogP contribution in [-0.2, 0) is 19.6 Å². The molecule has 0 aliphatic carbocycles. The molecule has 9 heteroatoms. The van der Waals surface area contributed by atoms with Gasteiger partial charge in [-0.15, -0.1) is 0 Å². The van der Waals surface area contributed by atoms with Crippen molar-refractivity contribution < 1.29 is 22.7 Å². The van der Waals surface area contributed by atoms with E-state index in [1.54, 1.807) is 0 Å². The molecule has 0 spiro atoms. The van der Waals surface area contributed by atoms with Crippen LogP contribution in [0.2, 0.25) is 0 Å². The maximum absolute atomic E-state index is 11.4. The van der Waals surface area contributed by atoms with Crippen LogP contribution in [0, 0.1) is 0 Å². The lowest BCUT2D eigenvalue weighted by Crippen LogP contribution is -2.40. The normalized spacial score (nSPS) is 16.5. The Balaban J connectivity index is 2.51. The molecule has 0 saturated carbocycles. The molecule has 0 aromatic carbocycles. The summed E-state index contributed by atoms with van der Waals surface area (Å²) >= 11 is 0. The first-order valence-electron chi connectivity index (χ1n) is 4.09. The summed E-state index contributed by atoms with van der Waals surface area (Å²) < 4.78 is 28.0. The molecule has 1 rings (SSSR count). The van der Waals surface area contributed by atoms with E-state index in [2.05, 4.69) is 10.1 Å². The number of rotatable bonds is 5. The van der Waals surface area contributed by atoms with Gasteiger partial charge in [-0.1, -0.05) is 0 Å². The molecule has 15 heavy (non-hydrogen) atoms. The van der Waals surface area contributed by atoms with E-state index in [0.29, 0.717) is 4.31 Å². The largest absolute Gasteiger partial charge is 0.447 e. The minimum Gasteiger partial charge on any atom is -0.447 e. The molecule has 1 saturated heterocycles. The fourth-order valence-electron chi connectivity index (χ4n) is 1.01. The SMILES string of the molecule is NC(=O)CNCS(=O)(=O)N1CCOC1=O. The van der Waals surface area contributed by atoms with Crippen LogP contribution in [0.25, 0.3) is 0 Å². The lowest BCUT2D eigenvalue weighted by molar-refractivity contribution is -0.117. The molecule has 0 aromatic heterocycles. The smallest absolute Gasteiger partial charge is 0.423 e. The van der Waals surface area contributed by atoms with Gasteiger partial charge in [0.1, 0.15) is 12.5 Å². The molecule has 1 heterocycles. The average molecular weight is 237 g/mol. The highest BCUT2D eigenvalue weighted by Crippen LogP contribution is 2.09. The van der Waals surface area contributed by atoms with Gasteiger partial charge in [0, 0.05) is 0 Å². The number of nitrogens with one attached hydrogen (secondary N) is 1. The van der Waals surface area contributed by atoms with Crippen molar-refractivity contribution >= 4 is 22.0 Å². The van der Waals surface area contributed by atoms with Crippen LogP contribution in [0.4, 0.5) is 4.79 Å². The third kappa shape index (κ3) is 3.06. The van der Waals surface area contributed by atoms with Crippen LogP contribution in [0.5, 0.6) is 0 Å². The summed E-state index contributed by atoms with van der Waals surface area (Å²) in [7, 11) is -3.76. The van der Waals surface area contributed by atoms with E-state index < -0.39 is 27.9 Å². The Kier molecular flexibility index (Phi) is 3.48. The number of hydrogen-bond acceptors (Lipinski definition) is 6. The van der Waals surface area contributed by atoms with Gasteiger partial charge in [0.25, 0.3) is 10.0 Å². The third-order valence-electron chi connectivity index (χ3n) is 1.64. The Morgan fingerprint density at radius 3 is 2.73 bits per heavy atom. The minimum atomic E-state index is -3.76. The maximum Gasteiger partial charge on any atom is 0.423 e. The summed E-state index contributed by atoms with van der Waals surface area (Å²) in [6.07, 6.45) is -0.893. The average Bonchev–Trinajstić information content (AvgIpc) is 2.50. The van der Waals surface area contributed by atoms with Crippen LogP contribution in [0.15, 0.2) is 0 Å². The predicted octanol–water partition coefficient (Wildman–Crippen LogP) is -2.20. The Labute approximate surface area is 86.4 Å². The monoisotopic (exact) mass is 237 g/mol. The fraction of sp³-hybridized carbons (Fsp3) is 0.667. The molecule has 8 nitrogen and oxygen atoms in total. The summed E-state index contributed by atoms with van der Waals surface area (Å²) in [5, 5.41) is 2.31. The highest BCUT2D eigenvalue weighted by molar-refractivity contribution is 7.89. The first-order valence-corrected chi connectivity index (χ1v) is 5.70. The highest BCUT2D eigenvalue weighted by atomic mass is 32.2. The molecule has 1 fully saturated rings. The zero-order valence-corrected chi connectivity index (χ0v) is 8.62. The quantitative estimate of drug-likeness (QED) is 0.560. The van der Waals surface area contributed by atoms with Crippen molar-refractivity contribution in [3.8, 4) is 0 Å². The van der Waals surface area contributed by atoms with Crippen molar-refractivity contribution in [2.45, 2.75) is 0 Å². The zero-order chi connectivity index (χ0) is 11.5. The molecular weight excluding hydrogens is 226 g/mol. The number of ether oxygens (including phenoxy) is 1. The fourth-order valence-corrected chi connectivity index (χ4v) is 2.16. The second kappa shape index (κ2) is 4.45. The number of carbonyl (C=O) groups is 2. The Morgan fingerprint density at radius 1 is 1.60 bits per heavy atom. The molecule has 86 valence electrons. The van der Waals surface area contributed by atoms with Gasteiger partial charge in [-0.3, -0.25) is 10.1 Å². The summed E-state index contributed by atoms with van der Waals surface area (Å²) in [6, 6.07) is 0. The van der Waals surface area contributed by atoms with E-state index in [4.69, 9.17) is 5.73 Å². The zero-order valence-electron chi connectivity index (χ0n) is 7.80. The molecule has 0 unspecified atom stereocenters. The van der Waals surface area contributed by atoms with Gasteiger partial charge in [-0.2, -0.15) is 4.31 Å². The van der Waals surface area contributed by atoms with E-state index in [0.717, 1.165) is 0 Å². The van der Waals surface area contributed by atoms with Crippen LogP contribution in [-0.4, -0.2) is 50.3 Å². The Bertz CT molecular complexity index is 365. The molecule has 0 bridgehead atoms. The number of nitrogens with two attached hydrogens (primary N) is 1. The van der Waals surface area contributed by atoms with Gasteiger partial charge in [0.2, 0.25) is 5.91 Å². The van der Waals surface area contributed by atoms with E-state index >= 15 is 0 Å².